The third kappa shape index (κ3) is 3.91. The van der Waals surface area contributed by atoms with E-state index in [0.717, 1.165) is 15.6 Å². The quantitative estimate of drug-likeness (QED) is 0.732. The van der Waals surface area contributed by atoms with E-state index in [-0.39, 0.29) is 11.9 Å². The van der Waals surface area contributed by atoms with Crippen LogP contribution in [-0.4, -0.2) is 11.9 Å². The summed E-state index contributed by atoms with van der Waals surface area (Å²) in [6.45, 7) is 5.86. The Balaban J connectivity index is 1.89. The number of urea groups is 1. The minimum atomic E-state index is -0.631. The van der Waals surface area contributed by atoms with Gasteiger partial charge in [0, 0.05) is 15.9 Å². The predicted octanol–water partition coefficient (Wildman–Crippen LogP) is 3.88. The van der Waals surface area contributed by atoms with Gasteiger partial charge in [0.2, 0.25) is 5.91 Å². The second kappa shape index (κ2) is 7.11. The number of rotatable bonds is 3. The Labute approximate surface area is 154 Å². The van der Waals surface area contributed by atoms with Crippen LogP contribution in [0.3, 0.4) is 0 Å². The van der Waals surface area contributed by atoms with Crippen molar-refractivity contribution in [2.24, 2.45) is 5.92 Å². The van der Waals surface area contributed by atoms with E-state index in [1.165, 1.54) is 0 Å². The first-order valence-electron chi connectivity index (χ1n) is 7.83. The maximum Gasteiger partial charge on any atom is 0.319 e. The average molecular weight is 400 g/mol. The molecule has 1 aliphatic heterocycles. The number of aryl methyl sites for hydroxylation is 1. The molecule has 1 aliphatic rings. The highest BCUT2D eigenvalue weighted by Crippen LogP contribution is 2.31. The molecule has 0 aliphatic carbocycles. The molecule has 5 nitrogen and oxygen atoms in total. The summed E-state index contributed by atoms with van der Waals surface area (Å²) in [6, 6.07) is 14.2. The molecule has 128 valence electrons. The van der Waals surface area contributed by atoms with Crippen molar-refractivity contribution in [3.05, 3.63) is 76.4 Å². The summed E-state index contributed by atoms with van der Waals surface area (Å²) < 4.78 is 0.876. The lowest BCUT2D eigenvalue weighted by Crippen LogP contribution is -2.51. The van der Waals surface area contributed by atoms with E-state index in [9.17, 15) is 9.59 Å². The Morgan fingerprint density at radius 1 is 1.20 bits per heavy atom. The van der Waals surface area contributed by atoms with Crippen LogP contribution in [-0.2, 0) is 4.79 Å². The largest absolute Gasteiger partial charge is 0.330 e. The van der Waals surface area contributed by atoms with Crippen molar-refractivity contribution in [2.75, 3.05) is 5.32 Å². The maximum absolute atomic E-state index is 12.9. The zero-order valence-corrected chi connectivity index (χ0v) is 15.3. The molecule has 0 bridgehead atoms. The van der Waals surface area contributed by atoms with Gasteiger partial charge < -0.3 is 16.0 Å². The van der Waals surface area contributed by atoms with Gasteiger partial charge in [-0.2, -0.15) is 0 Å². The monoisotopic (exact) mass is 399 g/mol. The Hall–Kier alpha value is -2.60. The Morgan fingerprint density at radius 2 is 1.92 bits per heavy atom. The predicted molar refractivity (Wildman–Crippen MR) is 101 cm³/mol. The zero-order valence-electron chi connectivity index (χ0n) is 13.7. The molecule has 1 saturated heterocycles. The molecule has 0 unspecified atom stereocenters. The van der Waals surface area contributed by atoms with E-state index in [4.69, 9.17) is 0 Å². The number of hydrogen-bond acceptors (Lipinski definition) is 2. The molecule has 1 fully saturated rings. The van der Waals surface area contributed by atoms with Gasteiger partial charge in [0.1, 0.15) is 5.92 Å². The van der Waals surface area contributed by atoms with Gasteiger partial charge in [-0.3, -0.25) is 4.79 Å². The molecule has 3 rings (SSSR count). The lowest BCUT2D eigenvalue weighted by atomic mass is 9.88. The molecular weight excluding hydrogens is 382 g/mol. The highest BCUT2D eigenvalue weighted by molar-refractivity contribution is 9.10. The molecule has 6 heteroatoms. The van der Waals surface area contributed by atoms with Crippen molar-refractivity contribution in [1.82, 2.24) is 10.6 Å². The van der Waals surface area contributed by atoms with Crippen LogP contribution in [0.5, 0.6) is 0 Å². The molecular formula is C19H18BrN3O2. The van der Waals surface area contributed by atoms with E-state index < -0.39 is 12.0 Å². The summed E-state index contributed by atoms with van der Waals surface area (Å²) >= 11 is 3.43. The lowest BCUT2D eigenvalue weighted by molar-refractivity contribution is -0.119. The number of carbonyl (C=O) groups is 2. The van der Waals surface area contributed by atoms with Crippen LogP contribution < -0.4 is 16.0 Å². The second-order valence-electron chi connectivity index (χ2n) is 5.99. The normalized spacial score (nSPS) is 19.8. The van der Waals surface area contributed by atoms with Gasteiger partial charge in [-0.1, -0.05) is 52.3 Å². The molecule has 25 heavy (non-hydrogen) atoms. The van der Waals surface area contributed by atoms with E-state index in [1.54, 1.807) is 0 Å². The van der Waals surface area contributed by atoms with Crippen LogP contribution in [0.2, 0.25) is 0 Å². The van der Waals surface area contributed by atoms with E-state index in [2.05, 4.69) is 38.5 Å². The van der Waals surface area contributed by atoms with Crippen molar-refractivity contribution in [1.29, 1.82) is 0 Å². The number of benzene rings is 2. The van der Waals surface area contributed by atoms with E-state index in [0.29, 0.717) is 11.4 Å². The number of amides is 3. The van der Waals surface area contributed by atoms with Gasteiger partial charge in [0.05, 0.1) is 6.04 Å². The minimum absolute atomic E-state index is 0.230. The Bertz CT molecular complexity index is 833. The van der Waals surface area contributed by atoms with E-state index >= 15 is 0 Å². The molecule has 0 saturated carbocycles. The van der Waals surface area contributed by atoms with Crippen molar-refractivity contribution in [3.8, 4) is 0 Å². The molecule has 2 aromatic carbocycles. The maximum atomic E-state index is 12.9. The SMILES string of the molecule is C=C1NC(=O)N[C@@H](c2cccc(Br)c2)[C@@H]1C(=O)Nc1ccc(C)cc1. The Morgan fingerprint density at radius 3 is 2.60 bits per heavy atom. The molecule has 0 aromatic heterocycles. The molecule has 0 spiro atoms. The van der Waals surface area contributed by atoms with Crippen LogP contribution in [0.1, 0.15) is 17.2 Å². The topological polar surface area (TPSA) is 70.2 Å². The summed E-state index contributed by atoms with van der Waals surface area (Å²) in [7, 11) is 0. The van der Waals surface area contributed by atoms with Gasteiger partial charge >= 0.3 is 6.03 Å². The second-order valence-corrected chi connectivity index (χ2v) is 6.90. The van der Waals surface area contributed by atoms with Crippen molar-refractivity contribution in [3.63, 3.8) is 0 Å². The van der Waals surface area contributed by atoms with Crippen LogP contribution in [0, 0.1) is 12.8 Å². The summed E-state index contributed by atoms with van der Waals surface area (Å²) in [5, 5.41) is 8.32. The highest BCUT2D eigenvalue weighted by atomic mass is 79.9. The number of nitrogens with one attached hydrogen (secondary N) is 3. The first kappa shape index (κ1) is 17.2. The molecule has 1 heterocycles. The summed E-state index contributed by atoms with van der Waals surface area (Å²) in [4.78, 5) is 24.7. The van der Waals surface area contributed by atoms with Gasteiger partial charge in [0.25, 0.3) is 0 Å². The standard InChI is InChI=1S/C19H18BrN3O2/c1-11-6-8-15(9-7-11)22-18(24)16-12(2)21-19(25)23-17(16)13-4-3-5-14(20)10-13/h3-10,16-17H,2H2,1H3,(H,22,24)(H2,21,23,25)/t16-,17+/m1/s1. The molecule has 2 aromatic rings. The first-order chi connectivity index (χ1) is 11.9. The van der Waals surface area contributed by atoms with Crippen molar-refractivity contribution in [2.45, 2.75) is 13.0 Å². The fraction of sp³-hybridized carbons (Fsp3) is 0.158. The van der Waals surface area contributed by atoms with Gasteiger partial charge in [-0.05, 0) is 36.8 Å². The number of hydrogen-bond donors (Lipinski definition) is 3. The van der Waals surface area contributed by atoms with Gasteiger partial charge in [-0.25, -0.2) is 4.79 Å². The van der Waals surface area contributed by atoms with Crippen molar-refractivity contribution < 1.29 is 9.59 Å². The van der Waals surface area contributed by atoms with Crippen LogP contribution >= 0.6 is 15.9 Å². The third-order valence-electron chi connectivity index (χ3n) is 4.08. The zero-order chi connectivity index (χ0) is 18.0. The lowest BCUT2D eigenvalue weighted by Gasteiger charge is -2.34. The fourth-order valence-electron chi connectivity index (χ4n) is 2.83. The molecule has 3 N–H and O–H groups in total. The smallest absolute Gasteiger partial charge is 0.319 e. The van der Waals surface area contributed by atoms with Crippen LogP contribution in [0.15, 0.2) is 65.3 Å². The average Bonchev–Trinajstić information content (AvgIpc) is 2.56. The third-order valence-corrected chi connectivity index (χ3v) is 4.57. The number of carbonyl (C=O) groups excluding carboxylic acids is 2. The van der Waals surface area contributed by atoms with Gasteiger partial charge in [0.15, 0.2) is 0 Å². The highest BCUT2D eigenvalue weighted by Gasteiger charge is 2.37. The fourth-order valence-corrected chi connectivity index (χ4v) is 3.24. The Kier molecular flexibility index (Phi) is 4.90. The van der Waals surface area contributed by atoms with Crippen LogP contribution in [0.25, 0.3) is 0 Å². The van der Waals surface area contributed by atoms with Crippen LogP contribution in [0.4, 0.5) is 10.5 Å². The molecule has 2 atom stereocenters. The van der Waals surface area contributed by atoms with Crippen molar-refractivity contribution >= 4 is 33.6 Å². The molecule has 3 amide bonds. The summed E-state index contributed by atoms with van der Waals surface area (Å²) in [5.74, 6) is -0.861. The van der Waals surface area contributed by atoms with Gasteiger partial charge in [-0.15, -0.1) is 0 Å². The summed E-state index contributed by atoms with van der Waals surface area (Å²) in [5.41, 5.74) is 3.02. The number of anilines is 1. The number of halogens is 1. The minimum Gasteiger partial charge on any atom is -0.330 e. The summed E-state index contributed by atoms with van der Waals surface area (Å²) in [6.07, 6.45) is 0. The van der Waals surface area contributed by atoms with E-state index in [1.807, 2.05) is 55.5 Å². The molecule has 0 radical (unpaired) electrons. The first-order valence-corrected chi connectivity index (χ1v) is 8.62.